The van der Waals surface area contributed by atoms with Crippen LogP contribution in [0.2, 0.25) is 15.1 Å². The molecule has 72 heavy (non-hydrogen) atoms. The Morgan fingerprint density at radius 3 is 1.61 bits per heavy atom. The molecule has 16 nitrogen and oxygen atoms in total. The van der Waals surface area contributed by atoms with E-state index in [0.717, 1.165) is 44.5 Å². The van der Waals surface area contributed by atoms with Crippen LogP contribution in [-0.4, -0.2) is 103 Å². The molecule has 0 saturated carbocycles. The monoisotopic (exact) mass is 1040 g/mol. The van der Waals surface area contributed by atoms with Gasteiger partial charge in [0.1, 0.15) is 46.4 Å². The topological polar surface area (TPSA) is 203 Å². The summed E-state index contributed by atoms with van der Waals surface area (Å²) < 4.78 is 40.6. The molecule has 0 radical (unpaired) electrons. The van der Waals surface area contributed by atoms with E-state index in [4.69, 9.17) is 49.7 Å². The fraction of sp³-hybridized carbons (Fsp3) is 0.216. The van der Waals surface area contributed by atoms with E-state index in [9.17, 15) is 23.6 Å². The maximum Gasteiger partial charge on any atom is 0.259 e. The smallest absolute Gasteiger partial charge is 0.259 e. The predicted molar refractivity (Wildman–Crippen MR) is 275 cm³/mol. The number of amides is 4. The number of piperidine rings is 1. The van der Waals surface area contributed by atoms with Crippen molar-refractivity contribution in [1.82, 2.24) is 19.8 Å². The molecule has 0 unspecified atom stereocenters. The van der Waals surface area contributed by atoms with Crippen LogP contribution in [0.1, 0.15) is 77.4 Å². The third-order valence-corrected chi connectivity index (χ3v) is 12.0. The summed E-state index contributed by atoms with van der Waals surface area (Å²) in [6, 6.07) is 20.4. The van der Waals surface area contributed by atoms with Crippen LogP contribution in [0.25, 0.3) is 0 Å². The molecule has 4 heterocycles. The minimum Gasteiger partial charge on any atom is -0.494 e. The number of methoxy groups -OCH3 is 2. The number of hydrogen-bond acceptors (Lipinski definition) is 11. The average molecular weight is 1040 g/mol. The van der Waals surface area contributed by atoms with E-state index in [-0.39, 0.29) is 66.8 Å². The van der Waals surface area contributed by atoms with Gasteiger partial charge in [-0.2, -0.15) is 0 Å². The minimum atomic E-state index is -0.798. The number of likely N-dealkylation sites (N-methyl/N-ethyl adjacent to an activating group) is 1. The lowest BCUT2D eigenvalue weighted by Crippen LogP contribution is -2.35. The van der Waals surface area contributed by atoms with Gasteiger partial charge >= 0.3 is 0 Å². The van der Waals surface area contributed by atoms with Crippen LogP contribution in [0.4, 0.5) is 31.8 Å². The highest BCUT2D eigenvalue weighted by atomic mass is 35.5. The number of aromatic nitrogens is 2. The number of carbonyl (C=O) groups is 4. The highest BCUT2D eigenvalue weighted by Gasteiger charge is 2.26. The van der Waals surface area contributed by atoms with Crippen LogP contribution in [0.15, 0.2) is 102 Å². The number of aryl methyl sites for hydroxylation is 1. The Balaban J connectivity index is 0.000000212. The average Bonchev–Trinajstić information content (AvgIpc) is 3.81. The molecule has 0 bridgehead atoms. The molecule has 2 aliphatic rings. The van der Waals surface area contributed by atoms with Gasteiger partial charge in [0.15, 0.2) is 0 Å². The number of hydrogen-bond donors (Lipinski definition) is 5. The number of aliphatic imine (C=N–C) groups is 1. The molecular formula is C51H47Cl3F2N10O6. The largest absolute Gasteiger partial charge is 0.494 e. The van der Waals surface area contributed by atoms with Crippen molar-refractivity contribution in [3.8, 4) is 11.5 Å². The van der Waals surface area contributed by atoms with Crippen LogP contribution < -0.4 is 30.7 Å². The lowest BCUT2D eigenvalue weighted by molar-refractivity contribution is 0.100. The molecule has 0 spiro atoms. The molecule has 8 rings (SSSR count). The number of rotatable bonds is 12. The molecule has 5 N–H and O–H groups in total. The molecule has 1 saturated heterocycles. The van der Waals surface area contributed by atoms with E-state index < -0.39 is 35.3 Å². The summed E-state index contributed by atoms with van der Waals surface area (Å²) in [6.45, 7) is 4.75. The molecule has 2 aliphatic heterocycles. The molecule has 4 aromatic carbocycles. The van der Waals surface area contributed by atoms with Crippen LogP contribution in [0.3, 0.4) is 0 Å². The van der Waals surface area contributed by atoms with E-state index in [1.807, 2.05) is 23.8 Å². The number of benzene rings is 4. The van der Waals surface area contributed by atoms with E-state index >= 15 is 4.39 Å². The summed E-state index contributed by atoms with van der Waals surface area (Å²) in [7, 11) is 4.60. The van der Waals surface area contributed by atoms with Gasteiger partial charge in [-0.05, 0) is 86.3 Å². The number of anilines is 4. The minimum absolute atomic E-state index is 0.00731. The molecule has 0 aliphatic carbocycles. The zero-order valence-electron chi connectivity index (χ0n) is 39.3. The summed E-state index contributed by atoms with van der Waals surface area (Å²) in [5, 5.41) is 19.7. The molecule has 372 valence electrons. The van der Waals surface area contributed by atoms with Gasteiger partial charge in [0.2, 0.25) is 0 Å². The number of nitrogens with zero attached hydrogens (tertiary/aromatic N) is 5. The lowest BCUT2D eigenvalue weighted by atomic mass is 10.1. The van der Waals surface area contributed by atoms with E-state index in [0.29, 0.717) is 34.3 Å². The number of nitrogens with one attached hydrogen (secondary N) is 5. The van der Waals surface area contributed by atoms with Gasteiger partial charge in [-0.1, -0.05) is 53.0 Å². The number of likely N-dealkylation sites (tertiary alicyclic amines) is 1. The van der Waals surface area contributed by atoms with Crippen LogP contribution in [0.5, 0.6) is 11.5 Å². The summed E-state index contributed by atoms with van der Waals surface area (Å²) in [5.41, 5.74) is 1.52. The van der Waals surface area contributed by atoms with Crippen molar-refractivity contribution in [2.45, 2.75) is 26.2 Å². The predicted octanol–water partition coefficient (Wildman–Crippen LogP) is 10.2. The molecule has 21 heteroatoms. The first kappa shape index (κ1) is 52.2. The zero-order valence-corrected chi connectivity index (χ0v) is 41.5. The Bertz CT molecular complexity index is 3080. The van der Waals surface area contributed by atoms with E-state index in [2.05, 4.69) is 36.2 Å². The van der Waals surface area contributed by atoms with Crippen molar-refractivity contribution in [3.63, 3.8) is 0 Å². The standard InChI is InChI=1S/C26H24Cl2FN5O3.C25H23ClFN5O3/c1-37-21-13-17(28)12-19(26(36)32-22-8-6-16(27)14-31-22)23(21)33-25(35)18-7-5-15(11-20(18)29)24(30)34-9-3-2-4-10-34;1-14-4-7-21(29-13-14)30-25(34)18-11-16(26)12-20(35-3)22(18)31-24(33)17-6-5-15(10-19(17)27)23-28-8-9-32(23)2/h5-8,11-14,30H,2-4,9-10H2,1H3,(H,33,35)(H,31,32,36);4-7,10-13H,8-9H2,1-3H3,(H,31,33)(H,29,30,34). The second-order valence-electron chi connectivity index (χ2n) is 16.4. The lowest BCUT2D eigenvalue weighted by Gasteiger charge is -2.29. The third kappa shape index (κ3) is 12.6. The highest BCUT2D eigenvalue weighted by Crippen LogP contribution is 2.35. The van der Waals surface area contributed by atoms with Gasteiger partial charge < -0.3 is 40.5 Å². The first-order chi connectivity index (χ1) is 34.5. The maximum atomic E-state index is 15.0. The van der Waals surface area contributed by atoms with Crippen LogP contribution in [0, 0.1) is 24.0 Å². The number of ether oxygens (including phenoxy) is 2. The summed E-state index contributed by atoms with van der Waals surface area (Å²) in [5.74, 6) is -2.57. The van der Waals surface area contributed by atoms with Crippen molar-refractivity contribution in [1.29, 1.82) is 5.41 Å². The van der Waals surface area contributed by atoms with Crippen molar-refractivity contribution < 1.29 is 37.4 Å². The van der Waals surface area contributed by atoms with E-state index in [1.165, 1.54) is 81.1 Å². The molecule has 1 fully saturated rings. The summed E-state index contributed by atoms with van der Waals surface area (Å²) in [6.07, 6.45) is 6.06. The Morgan fingerprint density at radius 2 is 1.14 bits per heavy atom. The normalized spacial score (nSPS) is 13.0. The van der Waals surface area contributed by atoms with Gasteiger partial charge in [0, 0.05) is 72.4 Å². The number of carbonyl (C=O) groups excluding carboxylic acids is 4. The number of pyridine rings is 2. The van der Waals surface area contributed by atoms with Gasteiger partial charge in [0.25, 0.3) is 23.6 Å². The zero-order chi connectivity index (χ0) is 51.6. The number of halogens is 5. The Labute approximate surface area is 428 Å². The van der Waals surface area contributed by atoms with Crippen LogP contribution >= 0.6 is 34.8 Å². The van der Waals surface area contributed by atoms with Crippen molar-refractivity contribution in [3.05, 3.63) is 163 Å². The third-order valence-electron chi connectivity index (χ3n) is 11.4. The maximum absolute atomic E-state index is 15.0. The summed E-state index contributed by atoms with van der Waals surface area (Å²) in [4.78, 5) is 68.6. The molecular weight excluding hydrogens is 993 g/mol. The SMILES string of the molecule is COc1cc(Cl)cc(C(=O)Nc2ccc(C)cn2)c1NC(=O)c1ccc(C2=NCCN2C)cc1F.COc1cc(Cl)cc(C(=O)Nc2ccc(Cl)cn2)c1NC(=O)c1ccc(C(=N)N2CCCCC2)cc1F. The van der Waals surface area contributed by atoms with Crippen LogP contribution in [-0.2, 0) is 0 Å². The highest BCUT2D eigenvalue weighted by molar-refractivity contribution is 6.32. The van der Waals surface area contributed by atoms with Crippen molar-refractivity contribution in [2.75, 3.05) is 68.7 Å². The van der Waals surface area contributed by atoms with Gasteiger partial charge in [-0.25, -0.2) is 18.7 Å². The molecule has 0 atom stereocenters. The summed E-state index contributed by atoms with van der Waals surface area (Å²) >= 11 is 18.2. The number of amidine groups is 2. The molecule has 6 aromatic rings. The fourth-order valence-electron chi connectivity index (χ4n) is 7.65. The second-order valence-corrected chi connectivity index (χ2v) is 17.7. The fourth-order valence-corrected chi connectivity index (χ4v) is 8.18. The Kier molecular flexibility index (Phi) is 17.0. The van der Waals surface area contributed by atoms with Gasteiger partial charge in [0.05, 0.1) is 59.4 Å². The second kappa shape index (κ2) is 23.5. The van der Waals surface area contributed by atoms with Gasteiger partial charge in [-0.15, -0.1) is 0 Å². The first-order valence-electron chi connectivity index (χ1n) is 22.3. The molecule has 2 aromatic heterocycles. The first-order valence-corrected chi connectivity index (χ1v) is 23.4. The van der Waals surface area contributed by atoms with Crippen molar-refractivity contribution in [2.24, 2.45) is 4.99 Å². The van der Waals surface area contributed by atoms with E-state index in [1.54, 1.807) is 30.5 Å². The Hall–Kier alpha value is -7.67. The quantitative estimate of drug-likeness (QED) is 0.0580. The van der Waals surface area contributed by atoms with Crippen molar-refractivity contribution >= 4 is 93.1 Å². The molecule has 4 amide bonds. The van der Waals surface area contributed by atoms with Gasteiger partial charge in [-0.3, -0.25) is 29.6 Å². The Morgan fingerprint density at radius 1 is 0.611 bits per heavy atom.